The highest BCUT2D eigenvalue weighted by Crippen LogP contribution is 2.44. The van der Waals surface area contributed by atoms with E-state index in [4.69, 9.17) is 4.74 Å². The molecule has 162 valence electrons. The maximum Gasteiger partial charge on any atom is 0.163 e. The van der Waals surface area contributed by atoms with E-state index in [9.17, 15) is 9.18 Å². The second-order valence-corrected chi connectivity index (χ2v) is 8.23. The third-order valence-corrected chi connectivity index (χ3v) is 6.15. The predicted octanol–water partition coefficient (Wildman–Crippen LogP) is 6.20. The van der Waals surface area contributed by atoms with Crippen molar-refractivity contribution < 1.29 is 13.9 Å². The average molecular weight is 429 g/mol. The van der Waals surface area contributed by atoms with E-state index in [1.807, 2.05) is 61.5 Å². The molecule has 5 heteroatoms. The molecular weight excluding hydrogens is 403 g/mol. The van der Waals surface area contributed by atoms with E-state index in [1.54, 1.807) is 6.07 Å². The molecule has 2 unspecified atom stereocenters. The van der Waals surface area contributed by atoms with Crippen molar-refractivity contribution in [3.8, 4) is 5.75 Å². The first-order valence-corrected chi connectivity index (χ1v) is 11.0. The number of hydrogen-bond donors (Lipinski definition) is 2. The first-order chi connectivity index (χ1) is 15.6. The zero-order valence-electron chi connectivity index (χ0n) is 17.9. The van der Waals surface area contributed by atoms with Crippen LogP contribution in [0.4, 0.5) is 15.8 Å². The van der Waals surface area contributed by atoms with E-state index in [2.05, 4.69) is 10.6 Å². The quantitative estimate of drug-likeness (QED) is 0.519. The molecule has 0 saturated heterocycles. The van der Waals surface area contributed by atoms with E-state index in [1.165, 1.54) is 12.1 Å². The standard InChI is InChI=1S/C27H25FN2O2/c1-2-32-21-12-10-17(11-13-21)19-15-24-26(25(31)16-19)27(18-6-5-7-20(28)14-18)30-23-9-4-3-8-22(23)29-24/h3-14,19,27,29-30H,2,15-16H2,1H3. The van der Waals surface area contributed by atoms with Gasteiger partial charge in [-0.1, -0.05) is 36.4 Å². The number of carbonyl (C=O) groups is 1. The van der Waals surface area contributed by atoms with Crippen LogP contribution < -0.4 is 15.4 Å². The van der Waals surface area contributed by atoms with Crippen molar-refractivity contribution in [2.24, 2.45) is 0 Å². The highest BCUT2D eigenvalue weighted by molar-refractivity contribution is 6.01. The van der Waals surface area contributed by atoms with Crippen molar-refractivity contribution in [1.29, 1.82) is 0 Å². The number of nitrogens with one attached hydrogen (secondary N) is 2. The fourth-order valence-corrected chi connectivity index (χ4v) is 4.67. The van der Waals surface area contributed by atoms with Crippen LogP contribution in [-0.2, 0) is 4.79 Å². The number of Topliss-reactive ketones (excluding diaryl/α,β-unsaturated/α-hetero) is 1. The Morgan fingerprint density at radius 1 is 0.938 bits per heavy atom. The summed E-state index contributed by atoms with van der Waals surface area (Å²) in [6.07, 6.45) is 1.12. The Hall–Kier alpha value is -3.60. The Balaban J connectivity index is 1.55. The van der Waals surface area contributed by atoms with Crippen molar-refractivity contribution in [2.75, 3.05) is 17.2 Å². The Bertz CT molecular complexity index is 1190. The van der Waals surface area contributed by atoms with Crippen molar-refractivity contribution in [3.05, 3.63) is 101 Å². The lowest BCUT2D eigenvalue weighted by atomic mass is 9.78. The Kier molecular flexibility index (Phi) is 5.39. The van der Waals surface area contributed by atoms with Gasteiger partial charge >= 0.3 is 0 Å². The second kappa shape index (κ2) is 8.50. The van der Waals surface area contributed by atoms with Gasteiger partial charge in [-0.05, 0) is 66.8 Å². The molecule has 0 aromatic heterocycles. The van der Waals surface area contributed by atoms with Gasteiger partial charge in [0.05, 0.1) is 24.0 Å². The summed E-state index contributed by atoms with van der Waals surface area (Å²) in [7, 11) is 0. The molecule has 0 amide bonds. The first-order valence-electron chi connectivity index (χ1n) is 11.0. The molecule has 4 nitrogen and oxygen atoms in total. The van der Waals surface area contributed by atoms with Crippen molar-refractivity contribution >= 4 is 17.2 Å². The van der Waals surface area contributed by atoms with Crippen LogP contribution in [0.25, 0.3) is 0 Å². The average Bonchev–Trinajstić information content (AvgIpc) is 2.97. The number of ether oxygens (including phenoxy) is 1. The number of para-hydroxylation sites is 2. The van der Waals surface area contributed by atoms with Gasteiger partial charge in [0.2, 0.25) is 0 Å². The van der Waals surface area contributed by atoms with Gasteiger partial charge in [0.15, 0.2) is 5.78 Å². The zero-order chi connectivity index (χ0) is 22.1. The van der Waals surface area contributed by atoms with E-state index in [-0.39, 0.29) is 17.5 Å². The fraction of sp³-hybridized carbons (Fsp3) is 0.222. The van der Waals surface area contributed by atoms with Gasteiger partial charge < -0.3 is 15.4 Å². The van der Waals surface area contributed by atoms with Crippen LogP contribution in [0.15, 0.2) is 84.1 Å². The number of carbonyl (C=O) groups excluding carboxylic acids is 1. The number of ketones is 1. The summed E-state index contributed by atoms with van der Waals surface area (Å²) < 4.78 is 19.6. The molecule has 3 aromatic rings. The Morgan fingerprint density at radius 3 is 2.47 bits per heavy atom. The highest BCUT2D eigenvalue weighted by atomic mass is 19.1. The molecule has 0 radical (unpaired) electrons. The predicted molar refractivity (Wildman–Crippen MR) is 124 cm³/mol. The maximum atomic E-state index is 14.1. The van der Waals surface area contributed by atoms with Crippen LogP contribution in [0.1, 0.15) is 42.9 Å². The minimum atomic E-state index is -0.411. The van der Waals surface area contributed by atoms with Gasteiger partial charge in [-0.3, -0.25) is 4.79 Å². The number of fused-ring (bicyclic) bond motifs is 1. The summed E-state index contributed by atoms with van der Waals surface area (Å²) in [4.78, 5) is 13.5. The van der Waals surface area contributed by atoms with Crippen LogP contribution in [0.5, 0.6) is 5.75 Å². The minimum Gasteiger partial charge on any atom is -0.494 e. The number of benzene rings is 3. The monoisotopic (exact) mass is 428 g/mol. The smallest absolute Gasteiger partial charge is 0.163 e. The SMILES string of the molecule is CCOc1ccc(C2CC(=O)C3=C(C2)Nc2ccccc2NC3c2cccc(F)c2)cc1. The van der Waals surface area contributed by atoms with Gasteiger partial charge in [0.25, 0.3) is 0 Å². The van der Waals surface area contributed by atoms with E-state index in [0.29, 0.717) is 25.0 Å². The molecule has 0 bridgehead atoms. The number of rotatable bonds is 4. The lowest BCUT2D eigenvalue weighted by Gasteiger charge is -2.30. The minimum absolute atomic E-state index is 0.0721. The molecule has 3 aromatic carbocycles. The second-order valence-electron chi connectivity index (χ2n) is 8.23. The third-order valence-electron chi connectivity index (χ3n) is 6.15. The topological polar surface area (TPSA) is 50.4 Å². The van der Waals surface area contributed by atoms with Crippen LogP contribution >= 0.6 is 0 Å². The summed E-state index contributed by atoms with van der Waals surface area (Å²) in [6, 6.07) is 21.9. The lowest BCUT2D eigenvalue weighted by molar-refractivity contribution is -0.116. The van der Waals surface area contributed by atoms with Crippen molar-refractivity contribution in [3.63, 3.8) is 0 Å². The maximum absolute atomic E-state index is 14.1. The van der Waals surface area contributed by atoms with Gasteiger partial charge in [-0.25, -0.2) is 4.39 Å². The van der Waals surface area contributed by atoms with Gasteiger partial charge in [-0.2, -0.15) is 0 Å². The summed E-state index contributed by atoms with van der Waals surface area (Å²) >= 11 is 0. The summed E-state index contributed by atoms with van der Waals surface area (Å²) in [5.41, 5.74) is 5.24. The Labute approximate surface area is 187 Å². The molecule has 5 rings (SSSR count). The fourth-order valence-electron chi connectivity index (χ4n) is 4.67. The molecule has 0 spiro atoms. The van der Waals surface area contributed by atoms with E-state index in [0.717, 1.165) is 33.9 Å². The van der Waals surface area contributed by atoms with E-state index >= 15 is 0 Å². The number of allylic oxidation sites excluding steroid dienone is 1. The van der Waals surface area contributed by atoms with Crippen LogP contribution in [0.3, 0.4) is 0 Å². The molecule has 0 saturated carbocycles. The van der Waals surface area contributed by atoms with Gasteiger partial charge in [-0.15, -0.1) is 0 Å². The lowest BCUT2D eigenvalue weighted by Crippen LogP contribution is -2.26. The summed E-state index contributed by atoms with van der Waals surface area (Å²) in [5, 5.41) is 7.00. The van der Waals surface area contributed by atoms with Crippen LogP contribution in [-0.4, -0.2) is 12.4 Å². The summed E-state index contributed by atoms with van der Waals surface area (Å²) in [6.45, 7) is 2.58. The van der Waals surface area contributed by atoms with Crippen molar-refractivity contribution in [2.45, 2.75) is 31.7 Å². The van der Waals surface area contributed by atoms with E-state index < -0.39 is 6.04 Å². The molecule has 32 heavy (non-hydrogen) atoms. The van der Waals surface area contributed by atoms with Crippen LogP contribution in [0.2, 0.25) is 0 Å². The molecule has 2 N–H and O–H groups in total. The highest BCUT2D eigenvalue weighted by Gasteiger charge is 2.36. The van der Waals surface area contributed by atoms with Gasteiger partial charge in [0, 0.05) is 17.7 Å². The molecular formula is C27H25FN2O2. The molecule has 1 aliphatic carbocycles. The number of anilines is 2. The molecule has 1 heterocycles. The first kappa shape index (κ1) is 20.3. The molecule has 2 atom stereocenters. The third kappa shape index (κ3) is 3.86. The van der Waals surface area contributed by atoms with Gasteiger partial charge in [0.1, 0.15) is 11.6 Å². The number of halogens is 1. The molecule has 0 fully saturated rings. The Morgan fingerprint density at radius 2 is 1.72 bits per heavy atom. The zero-order valence-corrected chi connectivity index (χ0v) is 17.9. The number of hydrogen-bond acceptors (Lipinski definition) is 4. The molecule has 2 aliphatic rings. The van der Waals surface area contributed by atoms with Crippen LogP contribution in [0, 0.1) is 5.82 Å². The van der Waals surface area contributed by atoms with Crippen molar-refractivity contribution in [1.82, 2.24) is 0 Å². The normalized spacial score (nSPS) is 19.9. The largest absolute Gasteiger partial charge is 0.494 e. The summed E-state index contributed by atoms with van der Waals surface area (Å²) in [5.74, 6) is 0.665. The molecule has 1 aliphatic heterocycles.